The third-order valence-electron chi connectivity index (χ3n) is 11.8. The van der Waals surface area contributed by atoms with Crippen molar-refractivity contribution >= 4 is 82.5 Å². The first-order valence-corrected chi connectivity index (χ1v) is 20.1. The van der Waals surface area contributed by atoms with Crippen LogP contribution in [0.25, 0.3) is 98.8 Å². The van der Waals surface area contributed by atoms with Crippen molar-refractivity contribution in [2.24, 2.45) is 0 Å². The van der Waals surface area contributed by atoms with Gasteiger partial charge in [0.1, 0.15) is 11.2 Å². The Kier molecular flexibility index (Phi) is 7.54. The number of benzene rings is 10. The van der Waals surface area contributed by atoms with E-state index in [1.165, 1.54) is 16.3 Å². The van der Waals surface area contributed by atoms with Gasteiger partial charge in [-0.25, -0.2) is 0 Å². The van der Waals surface area contributed by atoms with E-state index < -0.39 is 0 Å². The van der Waals surface area contributed by atoms with Gasteiger partial charge in [-0.2, -0.15) is 0 Å². The van der Waals surface area contributed by atoms with E-state index in [0.29, 0.717) is 0 Å². The Labute approximate surface area is 340 Å². The van der Waals surface area contributed by atoms with Crippen molar-refractivity contribution in [2.45, 2.75) is 0 Å². The number of para-hydroxylation sites is 2. The van der Waals surface area contributed by atoms with Crippen molar-refractivity contribution in [3.8, 4) is 33.4 Å². The van der Waals surface area contributed by atoms with Gasteiger partial charge in [-0.15, -0.1) is 0 Å². The molecule has 0 radical (unpaired) electrons. The van der Waals surface area contributed by atoms with Crippen molar-refractivity contribution in [3.63, 3.8) is 0 Å². The van der Waals surface area contributed by atoms with Gasteiger partial charge in [0.25, 0.3) is 0 Å². The third-order valence-corrected chi connectivity index (χ3v) is 11.8. The quantitative estimate of drug-likeness (QED) is 0.169. The van der Waals surface area contributed by atoms with E-state index in [0.717, 1.165) is 99.5 Å². The van der Waals surface area contributed by atoms with Gasteiger partial charge in [0.2, 0.25) is 0 Å². The van der Waals surface area contributed by atoms with Crippen LogP contribution in [0.5, 0.6) is 0 Å². The summed E-state index contributed by atoms with van der Waals surface area (Å²) >= 11 is 0. The Morgan fingerprint density at radius 1 is 0.271 bits per heavy atom. The standard InChI is InChI=1S/C56H35NO2/c1-3-13-36(14-4-1)43-34-49(39-16-5-2-6-17-39)54-50(35-43)47-22-12-24-52(56(47)59-54)57(44-30-27-38(28-31-44)42-26-25-37-15-7-8-19-41(37)33-42)51-23-11-21-46-48-32-29-40-18-9-10-20-45(40)53(48)58-55(46)51/h1-35H. The first-order valence-electron chi connectivity index (χ1n) is 20.1. The van der Waals surface area contributed by atoms with E-state index in [-0.39, 0.29) is 0 Å². The second-order valence-corrected chi connectivity index (χ2v) is 15.3. The van der Waals surface area contributed by atoms with E-state index in [1.54, 1.807) is 0 Å². The summed E-state index contributed by atoms with van der Waals surface area (Å²) in [4.78, 5) is 2.31. The minimum Gasteiger partial charge on any atom is -0.453 e. The summed E-state index contributed by atoms with van der Waals surface area (Å²) in [5, 5.41) is 8.98. The van der Waals surface area contributed by atoms with Crippen LogP contribution in [0.15, 0.2) is 221 Å². The highest BCUT2D eigenvalue weighted by molar-refractivity contribution is 6.19. The second-order valence-electron chi connectivity index (χ2n) is 15.3. The monoisotopic (exact) mass is 753 g/mol. The number of rotatable bonds is 6. The molecule has 12 rings (SSSR count). The zero-order chi connectivity index (χ0) is 38.9. The van der Waals surface area contributed by atoms with Gasteiger partial charge in [0.15, 0.2) is 11.2 Å². The van der Waals surface area contributed by atoms with Crippen LogP contribution in [0.2, 0.25) is 0 Å². The lowest BCUT2D eigenvalue weighted by molar-refractivity contribution is 0.668. The molecular weight excluding hydrogens is 719 g/mol. The summed E-state index contributed by atoms with van der Waals surface area (Å²) in [7, 11) is 0. The smallest absolute Gasteiger partial charge is 0.159 e. The number of hydrogen-bond donors (Lipinski definition) is 0. The fraction of sp³-hybridized carbons (Fsp3) is 0. The topological polar surface area (TPSA) is 29.5 Å². The molecule has 2 heterocycles. The molecule has 0 N–H and O–H groups in total. The maximum atomic E-state index is 7.17. The summed E-state index contributed by atoms with van der Waals surface area (Å²) in [5.74, 6) is 0. The summed E-state index contributed by atoms with van der Waals surface area (Å²) in [6.07, 6.45) is 0. The molecule has 0 amide bonds. The molecule has 0 saturated carbocycles. The average Bonchev–Trinajstić information content (AvgIpc) is 3.89. The lowest BCUT2D eigenvalue weighted by atomic mass is 9.96. The predicted octanol–water partition coefficient (Wildman–Crippen LogP) is 16.3. The Balaban J connectivity index is 1.11. The van der Waals surface area contributed by atoms with Crippen LogP contribution in [-0.2, 0) is 0 Å². The van der Waals surface area contributed by atoms with E-state index in [2.05, 4.69) is 217 Å². The zero-order valence-electron chi connectivity index (χ0n) is 32.0. The molecule has 2 aromatic heterocycles. The summed E-state index contributed by atoms with van der Waals surface area (Å²) in [6.45, 7) is 0. The molecule has 0 atom stereocenters. The number of furan rings is 2. The highest BCUT2D eigenvalue weighted by Crippen LogP contribution is 2.48. The molecule has 59 heavy (non-hydrogen) atoms. The van der Waals surface area contributed by atoms with Crippen molar-refractivity contribution in [2.75, 3.05) is 4.90 Å². The molecule has 0 aliphatic carbocycles. The normalized spacial score (nSPS) is 11.7. The lowest BCUT2D eigenvalue weighted by Gasteiger charge is -2.25. The van der Waals surface area contributed by atoms with Crippen molar-refractivity contribution in [1.29, 1.82) is 0 Å². The zero-order valence-corrected chi connectivity index (χ0v) is 32.0. The number of nitrogens with zero attached hydrogens (tertiary/aromatic N) is 1. The minimum absolute atomic E-state index is 0.807. The Morgan fingerprint density at radius 3 is 1.56 bits per heavy atom. The van der Waals surface area contributed by atoms with Gasteiger partial charge in [0, 0.05) is 38.2 Å². The lowest BCUT2D eigenvalue weighted by Crippen LogP contribution is -2.10. The van der Waals surface area contributed by atoms with E-state index in [4.69, 9.17) is 8.83 Å². The van der Waals surface area contributed by atoms with Gasteiger partial charge < -0.3 is 13.7 Å². The molecule has 0 spiro atoms. The van der Waals surface area contributed by atoms with Crippen LogP contribution in [0.3, 0.4) is 0 Å². The molecule has 0 bridgehead atoms. The Morgan fingerprint density at radius 2 is 0.814 bits per heavy atom. The molecule has 3 heteroatoms. The number of hydrogen-bond acceptors (Lipinski definition) is 3. The van der Waals surface area contributed by atoms with Gasteiger partial charge >= 0.3 is 0 Å². The molecule has 12 aromatic rings. The van der Waals surface area contributed by atoms with Crippen molar-refractivity contribution < 1.29 is 8.83 Å². The van der Waals surface area contributed by atoms with Gasteiger partial charge in [-0.05, 0) is 92.5 Å². The minimum atomic E-state index is 0.807. The molecule has 3 nitrogen and oxygen atoms in total. The summed E-state index contributed by atoms with van der Waals surface area (Å²) < 4.78 is 14.2. The first kappa shape index (κ1) is 33.3. The third kappa shape index (κ3) is 5.44. The summed E-state index contributed by atoms with van der Waals surface area (Å²) in [6, 6.07) is 75.5. The molecule has 10 aromatic carbocycles. The summed E-state index contributed by atoms with van der Waals surface area (Å²) in [5.41, 5.74) is 13.0. The molecule has 0 unspecified atom stereocenters. The van der Waals surface area contributed by atoms with Crippen LogP contribution in [0.4, 0.5) is 17.1 Å². The van der Waals surface area contributed by atoms with Crippen LogP contribution < -0.4 is 4.90 Å². The molecule has 0 fully saturated rings. The number of anilines is 3. The highest BCUT2D eigenvalue weighted by Gasteiger charge is 2.25. The molecule has 0 aliphatic heterocycles. The van der Waals surface area contributed by atoms with E-state index in [9.17, 15) is 0 Å². The average molecular weight is 754 g/mol. The molecule has 0 saturated heterocycles. The van der Waals surface area contributed by atoms with Crippen LogP contribution in [-0.4, -0.2) is 0 Å². The first-order chi connectivity index (χ1) is 29.2. The Hall–Kier alpha value is -7.88. The van der Waals surface area contributed by atoms with Crippen LogP contribution >= 0.6 is 0 Å². The fourth-order valence-corrected chi connectivity index (χ4v) is 8.96. The molecular formula is C56H35NO2. The van der Waals surface area contributed by atoms with Crippen LogP contribution in [0.1, 0.15) is 0 Å². The van der Waals surface area contributed by atoms with E-state index in [1.807, 2.05) is 0 Å². The highest BCUT2D eigenvalue weighted by atomic mass is 16.3. The maximum Gasteiger partial charge on any atom is 0.159 e. The van der Waals surface area contributed by atoms with Crippen molar-refractivity contribution in [1.82, 2.24) is 0 Å². The number of fused-ring (bicyclic) bond motifs is 9. The van der Waals surface area contributed by atoms with Gasteiger partial charge in [-0.3, -0.25) is 0 Å². The SMILES string of the molecule is c1ccc(-c2cc(-c3ccccc3)c3oc4c(N(c5ccc(-c6ccc7ccccc7c6)cc5)c5cccc6c5oc5c7ccccc7ccc65)cccc4c3c2)cc1. The second kappa shape index (κ2) is 13.4. The van der Waals surface area contributed by atoms with Crippen molar-refractivity contribution in [3.05, 3.63) is 212 Å². The predicted molar refractivity (Wildman–Crippen MR) is 247 cm³/mol. The van der Waals surface area contributed by atoms with E-state index >= 15 is 0 Å². The Bertz CT molecular complexity index is 3540. The molecule has 0 aliphatic rings. The van der Waals surface area contributed by atoms with Gasteiger partial charge in [-0.1, -0.05) is 164 Å². The maximum absolute atomic E-state index is 7.17. The fourth-order valence-electron chi connectivity index (χ4n) is 8.96. The van der Waals surface area contributed by atoms with Crippen LogP contribution in [0, 0.1) is 0 Å². The largest absolute Gasteiger partial charge is 0.453 e. The van der Waals surface area contributed by atoms with Gasteiger partial charge in [0.05, 0.1) is 11.4 Å². The molecule has 276 valence electrons.